The van der Waals surface area contributed by atoms with Gasteiger partial charge in [0.05, 0.1) is 6.54 Å². The highest BCUT2D eigenvalue weighted by atomic mass is 16.1. The van der Waals surface area contributed by atoms with Crippen molar-refractivity contribution in [1.29, 1.82) is 0 Å². The Morgan fingerprint density at radius 3 is 2.80 bits per heavy atom. The van der Waals surface area contributed by atoms with Crippen molar-refractivity contribution in [2.24, 2.45) is 23.2 Å². The third-order valence-electron chi connectivity index (χ3n) is 4.56. The summed E-state index contributed by atoms with van der Waals surface area (Å²) in [5, 5.41) is 2.82. The van der Waals surface area contributed by atoms with Gasteiger partial charge in [0, 0.05) is 5.92 Å². The molecule has 3 rings (SSSR count). The summed E-state index contributed by atoms with van der Waals surface area (Å²) in [5.74, 6) is 4.26. The Kier molecular flexibility index (Phi) is 2.50. The van der Waals surface area contributed by atoms with Gasteiger partial charge in [-0.25, -0.2) is 0 Å². The molecule has 0 aromatic heterocycles. The number of terminal acetylenes is 1. The number of fused-ring (bicyclic) bond motifs is 2. The molecule has 2 nitrogen and oxygen atoms in total. The van der Waals surface area contributed by atoms with E-state index in [1.165, 1.54) is 12.8 Å². The summed E-state index contributed by atoms with van der Waals surface area (Å²) in [4.78, 5) is 11.9. The molecule has 82 valence electrons. The first-order valence-corrected chi connectivity index (χ1v) is 5.78. The van der Waals surface area contributed by atoms with Crippen LogP contribution in [0.15, 0.2) is 0 Å². The fraction of sp³-hybridized carbons (Fsp3) is 0.769. The summed E-state index contributed by atoms with van der Waals surface area (Å²) in [6.07, 6.45) is 8.63. The Labute approximate surface area is 91.8 Å². The van der Waals surface area contributed by atoms with E-state index in [-0.39, 0.29) is 11.8 Å². The second-order valence-corrected chi connectivity index (χ2v) is 5.47. The van der Waals surface area contributed by atoms with Crippen molar-refractivity contribution in [3.63, 3.8) is 0 Å². The third-order valence-corrected chi connectivity index (χ3v) is 4.56. The van der Waals surface area contributed by atoms with Crippen molar-refractivity contribution >= 4 is 5.91 Å². The van der Waals surface area contributed by atoms with Crippen LogP contribution in [0.1, 0.15) is 33.1 Å². The second-order valence-electron chi connectivity index (χ2n) is 5.47. The molecule has 2 heteroatoms. The molecule has 3 unspecified atom stereocenters. The summed E-state index contributed by atoms with van der Waals surface area (Å²) in [6.45, 7) is 4.96. The zero-order valence-electron chi connectivity index (χ0n) is 9.55. The Bertz CT molecular complexity index is 311. The van der Waals surface area contributed by atoms with Crippen LogP contribution in [-0.4, -0.2) is 12.5 Å². The van der Waals surface area contributed by atoms with E-state index < -0.39 is 0 Å². The Morgan fingerprint density at radius 2 is 2.27 bits per heavy atom. The minimum absolute atomic E-state index is 0.171. The van der Waals surface area contributed by atoms with Crippen LogP contribution < -0.4 is 5.32 Å². The first-order valence-electron chi connectivity index (χ1n) is 5.78. The van der Waals surface area contributed by atoms with Gasteiger partial charge in [-0.2, -0.15) is 0 Å². The maximum atomic E-state index is 11.9. The fourth-order valence-electron chi connectivity index (χ4n) is 3.39. The predicted molar refractivity (Wildman–Crippen MR) is 59.9 cm³/mol. The first kappa shape index (κ1) is 10.5. The third kappa shape index (κ3) is 1.55. The molecule has 1 N–H and O–H groups in total. The van der Waals surface area contributed by atoms with E-state index in [1.54, 1.807) is 0 Å². The van der Waals surface area contributed by atoms with Crippen LogP contribution in [0.3, 0.4) is 0 Å². The van der Waals surface area contributed by atoms with Crippen molar-refractivity contribution in [3.8, 4) is 12.3 Å². The summed E-state index contributed by atoms with van der Waals surface area (Å²) in [7, 11) is 0. The van der Waals surface area contributed by atoms with Crippen LogP contribution in [0.4, 0.5) is 0 Å². The molecule has 0 aromatic rings. The number of carbonyl (C=O) groups excluding carboxylic acids is 1. The number of hydrogen-bond donors (Lipinski definition) is 1. The lowest BCUT2D eigenvalue weighted by molar-refractivity contribution is -0.148. The van der Waals surface area contributed by atoms with Gasteiger partial charge in [0.25, 0.3) is 0 Å². The largest absolute Gasteiger partial charge is 0.345 e. The maximum Gasteiger partial charge on any atom is 0.224 e. The first-order chi connectivity index (χ1) is 7.07. The van der Waals surface area contributed by atoms with Gasteiger partial charge in [0.15, 0.2) is 0 Å². The van der Waals surface area contributed by atoms with Gasteiger partial charge in [-0.15, -0.1) is 6.42 Å². The molecule has 0 heterocycles. The van der Waals surface area contributed by atoms with Crippen molar-refractivity contribution in [1.82, 2.24) is 5.32 Å². The molecule has 2 bridgehead atoms. The van der Waals surface area contributed by atoms with Crippen LogP contribution in [0.2, 0.25) is 0 Å². The van der Waals surface area contributed by atoms with Gasteiger partial charge in [0.1, 0.15) is 0 Å². The normalized spacial score (nSPS) is 36.2. The topological polar surface area (TPSA) is 29.1 Å². The minimum atomic E-state index is 0.171. The minimum Gasteiger partial charge on any atom is -0.345 e. The molecule has 3 atom stereocenters. The average Bonchev–Trinajstić information content (AvgIpc) is 2.25. The zero-order chi connectivity index (χ0) is 11.1. The summed E-state index contributed by atoms with van der Waals surface area (Å²) in [5.41, 5.74) is 0.371. The van der Waals surface area contributed by atoms with E-state index in [2.05, 4.69) is 25.1 Å². The molecule has 0 spiro atoms. The molecule has 0 saturated heterocycles. The second kappa shape index (κ2) is 3.56. The standard InChI is InChI=1S/C13H19NO/c1-4-7-14-12(15)10-6-5-9-8-11(10)13(9,2)3/h1,9-11H,5-8H2,2-3H3,(H,14,15). The molecular formula is C13H19NO. The van der Waals surface area contributed by atoms with Crippen LogP contribution in [0.5, 0.6) is 0 Å². The van der Waals surface area contributed by atoms with Gasteiger partial charge < -0.3 is 5.32 Å². The van der Waals surface area contributed by atoms with Gasteiger partial charge in [-0.1, -0.05) is 19.8 Å². The molecule has 3 saturated carbocycles. The van der Waals surface area contributed by atoms with Crippen molar-refractivity contribution in [3.05, 3.63) is 0 Å². The number of carbonyl (C=O) groups is 1. The van der Waals surface area contributed by atoms with Crippen LogP contribution in [0, 0.1) is 35.5 Å². The van der Waals surface area contributed by atoms with Crippen molar-refractivity contribution in [2.45, 2.75) is 33.1 Å². The average molecular weight is 205 g/mol. The van der Waals surface area contributed by atoms with E-state index >= 15 is 0 Å². The quantitative estimate of drug-likeness (QED) is 0.684. The molecule has 3 aliphatic rings. The molecule has 0 aliphatic heterocycles. The van der Waals surface area contributed by atoms with Gasteiger partial charge in [0.2, 0.25) is 5.91 Å². The van der Waals surface area contributed by atoms with E-state index in [0.717, 1.165) is 12.3 Å². The smallest absolute Gasteiger partial charge is 0.224 e. The highest BCUT2D eigenvalue weighted by Gasteiger charge is 2.55. The van der Waals surface area contributed by atoms with Crippen molar-refractivity contribution in [2.75, 3.05) is 6.54 Å². The maximum absolute atomic E-state index is 11.9. The lowest BCUT2D eigenvalue weighted by atomic mass is 9.45. The molecule has 0 radical (unpaired) electrons. The Morgan fingerprint density at radius 1 is 1.53 bits per heavy atom. The number of hydrogen-bond acceptors (Lipinski definition) is 1. The SMILES string of the molecule is C#CCNC(=O)C1CCC2CC1C2(C)C. The van der Waals surface area contributed by atoms with E-state index in [4.69, 9.17) is 6.42 Å². The summed E-state index contributed by atoms with van der Waals surface area (Å²) < 4.78 is 0. The Hall–Kier alpha value is -0.970. The van der Waals surface area contributed by atoms with Crippen LogP contribution >= 0.6 is 0 Å². The lowest BCUT2D eigenvalue weighted by Crippen LogP contribution is -2.55. The summed E-state index contributed by atoms with van der Waals surface area (Å²) >= 11 is 0. The monoisotopic (exact) mass is 205 g/mol. The lowest BCUT2D eigenvalue weighted by Gasteiger charge is -2.59. The van der Waals surface area contributed by atoms with E-state index in [1.807, 2.05) is 0 Å². The predicted octanol–water partition coefficient (Wildman–Crippen LogP) is 1.81. The molecule has 3 fully saturated rings. The van der Waals surface area contributed by atoms with Crippen molar-refractivity contribution < 1.29 is 4.79 Å². The van der Waals surface area contributed by atoms with E-state index in [9.17, 15) is 4.79 Å². The number of rotatable bonds is 2. The van der Waals surface area contributed by atoms with Gasteiger partial charge in [-0.05, 0) is 36.5 Å². The van der Waals surface area contributed by atoms with Crippen LogP contribution in [0.25, 0.3) is 0 Å². The molecule has 1 amide bonds. The van der Waals surface area contributed by atoms with Crippen LogP contribution in [-0.2, 0) is 4.79 Å². The Balaban J connectivity index is 1.99. The molecular weight excluding hydrogens is 186 g/mol. The number of amides is 1. The van der Waals surface area contributed by atoms with Gasteiger partial charge >= 0.3 is 0 Å². The van der Waals surface area contributed by atoms with Gasteiger partial charge in [-0.3, -0.25) is 4.79 Å². The molecule has 3 aliphatic carbocycles. The summed E-state index contributed by atoms with van der Waals surface area (Å²) in [6, 6.07) is 0. The number of nitrogens with one attached hydrogen (secondary N) is 1. The highest BCUT2D eigenvalue weighted by Crippen LogP contribution is 2.61. The molecule has 0 aromatic carbocycles. The highest BCUT2D eigenvalue weighted by molar-refractivity contribution is 5.79. The zero-order valence-corrected chi connectivity index (χ0v) is 9.55. The van der Waals surface area contributed by atoms with E-state index in [0.29, 0.717) is 17.9 Å². The fourth-order valence-corrected chi connectivity index (χ4v) is 3.39. The molecule has 15 heavy (non-hydrogen) atoms.